The molecule has 0 amide bonds. The van der Waals surface area contributed by atoms with Crippen molar-refractivity contribution in [3.63, 3.8) is 0 Å². The number of ether oxygens (including phenoxy) is 1. The summed E-state index contributed by atoms with van der Waals surface area (Å²) >= 11 is 6.83. The molecule has 0 aliphatic heterocycles. The molecule has 0 saturated carbocycles. The lowest BCUT2D eigenvalue weighted by Crippen LogP contribution is -1.89. The minimum Gasteiger partial charge on any atom is -0.497 e. The molecular weight excluding hydrogens is 388 g/mol. The molecule has 20 heavy (non-hydrogen) atoms. The van der Waals surface area contributed by atoms with Gasteiger partial charge in [0, 0.05) is 20.6 Å². The zero-order valence-corrected chi connectivity index (χ0v) is 13.7. The van der Waals surface area contributed by atoms with Crippen LogP contribution in [0.4, 0.5) is 5.69 Å². The summed E-state index contributed by atoms with van der Waals surface area (Å²) in [6.07, 6.45) is 0. The van der Waals surface area contributed by atoms with Gasteiger partial charge in [-0.3, -0.25) is 0 Å². The molecule has 3 aromatic rings. The predicted octanol–water partition coefficient (Wildman–Crippen LogP) is 4.61. The number of methoxy groups -OCH3 is 1. The Labute approximate surface area is 132 Å². The van der Waals surface area contributed by atoms with E-state index in [1.54, 1.807) is 7.11 Å². The Morgan fingerprint density at radius 2 is 1.85 bits per heavy atom. The number of halogens is 2. The highest BCUT2D eigenvalue weighted by molar-refractivity contribution is 9.11. The molecule has 0 aliphatic carbocycles. The largest absolute Gasteiger partial charge is 0.497 e. The van der Waals surface area contributed by atoms with Gasteiger partial charge in [0.1, 0.15) is 11.3 Å². The molecule has 0 spiro atoms. The lowest BCUT2D eigenvalue weighted by atomic mass is 10.2. The third-order valence-electron chi connectivity index (χ3n) is 2.92. The maximum Gasteiger partial charge on any atom is 0.227 e. The Morgan fingerprint density at radius 1 is 1.15 bits per heavy atom. The number of anilines is 1. The molecule has 4 nitrogen and oxygen atoms in total. The van der Waals surface area contributed by atoms with E-state index in [0.29, 0.717) is 17.2 Å². The SMILES string of the molecule is COc1ccc2oc(-c3cc(Br)c(N)c(Br)c3)nc2c1. The highest BCUT2D eigenvalue weighted by atomic mass is 79.9. The van der Waals surface area contributed by atoms with Crippen LogP contribution in [-0.4, -0.2) is 12.1 Å². The van der Waals surface area contributed by atoms with Gasteiger partial charge in [0.2, 0.25) is 5.89 Å². The number of fused-ring (bicyclic) bond motifs is 1. The summed E-state index contributed by atoms with van der Waals surface area (Å²) in [5.41, 5.74) is 8.83. The van der Waals surface area contributed by atoms with E-state index in [-0.39, 0.29) is 0 Å². The van der Waals surface area contributed by atoms with Crippen molar-refractivity contribution in [3.8, 4) is 17.2 Å². The monoisotopic (exact) mass is 396 g/mol. The Kier molecular flexibility index (Phi) is 3.43. The summed E-state index contributed by atoms with van der Waals surface area (Å²) in [4.78, 5) is 4.47. The van der Waals surface area contributed by atoms with Gasteiger partial charge in [-0.15, -0.1) is 0 Å². The molecule has 1 aromatic heterocycles. The van der Waals surface area contributed by atoms with Gasteiger partial charge in [-0.1, -0.05) is 0 Å². The van der Waals surface area contributed by atoms with E-state index in [4.69, 9.17) is 14.9 Å². The molecule has 6 heteroatoms. The van der Waals surface area contributed by atoms with E-state index in [9.17, 15) is 0 Å². The van der Waals surface area contributed by atoms with E-state index < -0.39 is 0 Å². The van der Waals surface area contributed by atoms with Gasteiger partial charge < -0.3 is 14.9 Å². The van der Waals surface area contributed by atoms with Gasteiger partial charge in [0.05, 0.1) is 12.8 Å². The Hall–Kier alpha value is -1.53. The third kappa shape index (κ3) is 2.29. The van der Waals surface area contributed by atoms with E-state index in [0.717, 1.165) is 25.8 Å². The zero-order valence-electron chi connectivity index (χ0n) is 10.5. The molecule has 0 fully saturated rings. The number of benzene rings is 2. The Morgan fingerprint density at radius 3 is 2.50 bits per heavy atom. The lowest BCUT2D eigenvalue weighted by Gasteiger charge is -2.03. The minimum absolute atomic E-state index is 0.537. The van der Waals surface area contributed by atoms with Gasteiger partial charge in [0.25, 0.3) is 0 Å². The first kappa shape index (κ1) is 13.5. The molecule has 2 N–H and O–H groups in total. The van der Waals surface area contributed by atoms with Crippen molar-refractivity contribution in [1.29, 1.82) is 0 Å². The maximum atomic E-state index is 5.88. The topological polar surface area (TPSA) is 61.3 Å². The fraction of sp³-hybridized carbons (Fsp3) is 0.0714. The number of nitrogens with zero attached hydrogens (tertiary/aromatic N) is 1. The average molecular weight is 398 g/mol. The number of rotatable bonds is 2. The van der Waals surface area contributed by atoms with E-state index in [1.165, 1.54) is 0 Å². The van der Waals surface area contributed by atoms with Crippen LogP contribution in [0.15, 0.2) is 43.7 Å². The van der Waals surface area contributed by atoms with Crippen molar-refractivity contribution < 1.29 is 9.15 Å². The highest BCUT2D eigenvalue weighted by Gasteiger charge is 2.12. The summed E-state index contributed by atoms with van der Waals surface area (Å²) < 4.78 is 12.5. The van der Waals surface area contributed by atoms with Crippen LogP contribution in [0.5, 0.6) is 5.75 Å². The number of hydrogen-bond donors (Lipinski definition) is 1. The quantitative estimate of drug-likeness (QED) is 0.641. The highest BCUT2D eigenvalue weighted by Crippen LogP contribution is 2.35. The van der Waals surface area contributed by atoms with Crippen molar-refractivity contribution in [2.75, 3.05) is 12.8 Å². The molecule has 2 aromatic carbocycles. The lowest BCUT2D eigenvalue weighted by molar-refractivity contribution is 0.415. The first-order valence-electron chi connectivity index (χ1n) is 5.78. The van der Waals surface area contributed by atoms with Gasteiger partial charge in [-0.05, 0) is 56.1 Å². The molecule has 102 valence electrons. The van der Waals surface area contributed by atoms with Crippen LogP contribution in [-0.2, 0) is 0 Å². The van der Waals surface area contributed by atoms with Crippen LogP contribution < -0.4 is 10.5 Å². The smallest absolute Gasteiger partial charge is 0.227 e. The first-order chi connectivity index (χ1) is 9.58. The number of nitrogens with two attached hydrogens (primary N) is 1. The van der Waals surface area contributed by atoms with Gasteiger partial charge in [-0.2, -0.15) is 0 Å². The fourth-order valence-electron chi connectivity index (χ4n) is 1.87. The minimum atomic E-state index is 0.537. The summed E-state index contributed by atoms with van der Waals surface area (Å²) in [5.74, 6) is 1.28. The summed E-state index contributed by atoms with van der Waals surface area (Å²) in [6, 6.07) is 9.27. The van der Waals surface area contributed by atoms with Gasteiger partial charge in [0.15, 0.2) is 5.58 Å². The van der Waals surface area contributed by atoms with Crippen LogP contribution in [0.1, 0.15) is 0 Å². The second-order valence-electron chi connectivity index (χ2n) is 4.21. The Bertz CT molecular complexity index is 776. The normalized spacial score (nSPS) is 10.9. The van der Waals surface area contributed by atoms with Gasteiger partial charge >= 0.3 is 0 Å². The Balaban J connectivity index is 2.14. The molecule has 0 bridgehead atoms. The average Bonchev–Trinajstić information content (AvgIpc) is 2.86. The van der Waals surface area contributed by atoms with Crippen LogP contribution in [0.3, 0.4) is 0 Å². The second kappa shape index (κ2) is 5.10. The molecule has 0 aliphatic rings. The van der Waals surface area contributed by atoms with Crippen molar-refractivity contribution in [2.45, 2.75) is 0 Å². The summed E-state index contributed by atoms with van der Waals surface area (Å²) in [6.45, 7) is 0. The number of hydrogen-bond acceptors (Lipinski definition) is 4. The van der Waals surface area contributed by atoms with Crippen molar-refractivity contribution in [2.24, 2.45) is 0 Å². The first-order valence-corrected chi connectivity index (χ1v) is 7.36. The van der Waals surface area contributed by atoms with Crippen LogP contribution >= 0.6 is 31.9 Å². The molecule has 0 saturated heterocycles. The van der Waals surface area contributed by atoms with E-state index in [1.807, 2.05) is 30.3 Å². The second-order valence-corrected chi connectivity index (χ2v) is 5.91. The standard InChI is InChI=1S/C14H10Br2N2O2/c1-19-8-2-3-12-11(6-8)18-14(20-12)7-4-9(15)13(17)10(16)5-7/h2-6H,17H2,1H3. The summed E-state index contributed by atoms with van der Waals surface area (Å²) in [5, 5.41) is 0. The fourth-order valence-corrected chi connectivity index (χ4v) is 3.05. The predicted molar refractivity (Wildman–Crippen MR) is 85.8 cm³/mol. The number of aromatic nitrogens is 1. The molecule has 0 atom stereocenters. The molecule has 0 radical (unpaired) electrons. The van der Waals surface area contributed by atoms with Crippen molar-refractivity contribution in [3.05, 3.63) is 39.3 Å². The van der Waals surface area contributed by atoms with Crippen molar-refractivity contribution >= 4 is 48.6 Å². The third-order valence-corrected chi connectivity index (χ3v) is 4.23. The zero-order chi connectivity index (χ0) is 14.3. The molecule has 1 heterocycles. The van der Waals surface area contributed by atoms with Crippen molar-refractivity contribution in [1.82, 2.24) is 4.98 Å². The van der Waals surface area contributed by atoms with E-state index >= 15 is 0 Å². The summed E-state index contributed by atoms with van der Waals surface area (Å²) in [7, 11) is 1.62. The molecule has 3 rings (SSSR count). The molecule has 0 unspecified atom stereocenters. The number of nitrogen functional groups attached to an aromatic ring is 1. The molecular formula is C14H10Br2N2O2. The van der Waals surface area contributed by atoms with Crippen LogP contribution in [0, 0.1) is 0 Å². The maximum absolute atomic E-state index is 5.88. The van der Waals surface area contributed by atoms with Gasteiger partial charge in [-0.25, -0.2) is 4.98 Å². The van der Waals surface area contributed by atoms with Crippen LogP contribution in [0.25, 0.3) is 22.6 Å². The van der Waals surface area contributed by atoms with E-state index in [2.05, 4.69) is 36.8 Å². The number of oxazole rings is 1. The van der Waals surface area contributed by atoms with Crippen LogP contribution in [0.2, 0.25) is 0 Å².